The van der Waals surface area contributed by atoms with Gasteiger partial charge in [-0.2, -0.15) is 0 Å². The van der Waals surface area contributed by atoms with Crippen molar-refractivity contribution >= 4 is 22.4 Å². The second kappa shape index (κ2) is 7.19. The fourth-order valence-corrected chi connectivity index (χ4v) is 3.41. The van der Waals surface area contributed by atoms with E-state index >= 15 is 0 Å². The summed E-state index contributed by atoms with van der Waals surface area (Å²) in [6, 6.07) is 17.2. The summed E-state index contributed by atoms with van der Waals surface area (Å²) in [5.41, 5.74) is 3.68. The molecule has 0 spiro atoms. The predicted molar refractivity (Wildman–Crippen MR) is 110 cm³/mol. The number of carbonyl (C=O) groups excluding carboxylic acids is 1. The van der Waals surface area contributed by atoms with E-state index in [1.165, 1.54) is 6.92 Å². The van der Waals surface area contributed by atoms with Crippen LogP contribution in [0.15, 0.2) is 76.3 Å². The Bertz CT molecular complexity index is 1230. The molecule has 0 aliphatic carbocycles. The van der Waals surface area contributed by atoms with Crippen LogP contribution in [0.25, 0.3) is 21.9 Å². The van der Waals surface area contributed by atoms with E-state index in [1.54, 1.807) is 10.8 Å². The number of hydrogen-bond acceptors (Lipinski definition) is 3. The minimum absolute atomic E-state index is 0.0436. The molecule has 0 saturated carbocycles. The highest BCUT2D eigenvalue weighted by Crippen LogP contribution is 2.26. The zero-order valence-electron chi connectivity index (χ0n) is 15.7. The van der Waals surface area contributed by atoms with E-state index in [4.69, 9.17) is 4.42 Å². The molecule has 1 N–H and O–H groups in total. The molecule has 140 valence electrons. The Morgan fingerprint density at radius 3 is 2.71 bits per heavy atom. The van der Waals surface area contributed by atoms with Crippen LogP contribution in [0.3, 0.4) is 0 Å². The number of nitrogens with zero attached hydrogens (tertiary/aromatic N) is 1. The monoisotopic (exact) mass is 372 g/mol. The number of benzene rings is 2. The number of aromatic nitrogens is 1. The van der Waals surface area contributed by atoms with Crippen molar-refractivity contribution in [1.82, 2.24) is 4.57 Å². The molecular formula is C23H20N2O3. The number of carbonyl (C=O) groups is 1. The molecule has 2 heterocycles. The first-order valence-electron chi connectivity index (χ1n) is 9.05. The van der Waals surface area contributed by atoms with Crippen molar-refractivity contribution in [2.75, 3.05) is 5.32 Å². The zero-order valence-corrected chi connectivity index (χ0v) is 15.7. The van der Waals surface area contributed by atoms with Crippen molar-refractivity contribution < 1.29 is 9.21 Å². The molecule has 28 heavy (non-hydrogen) atoms. The summed E-state index contributed by atoms with van der Waals surface area (Å²) in [7, 11) is 0. The average molecular weight is 372 g/mol. The first kappa shape index (κ1) is 17.8. The summed E-state index contributed by atoms with van der Waals surface area (Å²) in [5.74, 6) is 0.732. The summed E-state index contributed by atoms with van der Waals surface area (Å²) < 4.78 is 7.06. The highest BCUT2D eigenvalue weighted by Gasteiger charge is 2.09. The van der Waals surface area contributed by atoms with Crippen molar-refractivity contribution in [1.29, 1.82) is 0 Å². The third-order valence-electron chi connectivity index (χ3n) is 4.75. The van der Waals surface area contributed by atoms with E-state index in [2.05, 4.69) is 5.32 Å². The molecular weight excluding hydrogens is 352 g/mol. The number of rotatable bonds is 4. The molecule has 0 fully saturated rings. The van der Waals surface area contributed by atoms with Crippen molar-refractivity contribution in [2.45, 2.75) is 20.4 Å². The Morgan fingerprint density at radius 1 is 1.11 bits per heavy atom. The molecule has 0 unspecified atom stereocenters. The Balaban J connectivity index is 1.68. The Kier molecular flexibility index (Phi) is 4.57. The third kappa shape index (κ3) is 3.47. The largest absolute Gasteiger partial charge is 0.469 e. The van der Waals surface area contributed by atoms with Gasteiger partial charge in [-0.3, -0.25) is 9.59 Å². The van der Waals surface area contributed by atoms with Crippen molar-refractivity contribution in [3.05, 3.63) is 88.7 Å². The van der Waals surface area contributed by atoms with Gasteiger partial charge in [0.15, 0.2) is 0 Å². The number of anilines is 1. The van der Waals surface area contributed by atoms with E-state index < -0.39 is 0 Å². The maximum absolute atomic E-state index is 12.9. The van der Waals surface area contributed by atoms with Gasteiger partial charge in [0, 0.05) is 29.8 Å². The Labute approximate surface area is 162 Å². The van der Waals surface area contributed by atoms with Gasteiger partial charge in [-0.1, -0.05) is 18.2 Å². The highest BCUT2D eigenvalue weighted by atomic mass is 16.3. The second-order valence-electron chi connectivity index (χ2n) is 6.82. The Morgan fingerprint density at radius 2 is 1.96 bits per heavy atom. The maximum Gasteiger partial charge on any atom is 0.258 e. The fourth-order valence-electron chi connectivity index (χ4n) is 3.41. The third-order valence-corrected chi connectivity index (χ3v) is 4.75. The number of hydrogen-bond donors (Lipinski definition) is 1. The molecule has 5 nitrogen and oxygen atoms in total. The molecule has 0 radical (unpaired) electrons. The fraction of sp³-hybridized carbons (Fsp3) is 0.130. The molecule has 0 atom stereocenters. The van der Waals surface area contributed by atoms with Crippen LogP contribution in [0.2, 0.25) is 0 Å². The Hall–Kier alpha value is -3.60. The van der Waals surface area contributed by atoms with Crippen LogP contribution in [0.1, 0.15) is 18.2 Å². The van der Waals surface area contributed by atoms with E-state index in [-0.39, 0.29) is 11.5 Å². The summed E-state index contributed by atoms with van der Waals surface area (Å²) in [6.07, 6.45) is 3.48. The van der Waals surface area contributed by atoms with Crippen LogP contribution < -0.4 is 10.9 Å². The van der Waals surface area contributed by atoms with Crippen molar-refractivity contribution in [2.24, 2.45) is 0 Å². The number of amides is 1. The number of furan rings is 1. The van der Waals surface area contributed by atoms with Gasteiger partial charge in [0.2, 0.25) is 5.91 Å². The topological polar surface area (TPSA) is 64.2 Å². The van der Waals surface area contributed by atoms with Crippen LogP contribution in [-0.4, -0.2) is 10.5 Å². The van der Waals surface area contributed by atoms with E-state index in [0.717, 1.165) is 33.5 Å². The SMILES string of the molecule is CC(=O)Nc1cccc(Cn2ccc3cc(-c4ccoc4C)ccc3c2=O)c1. The molecule has 2 aromatic heterocycles. The lowest BCUT2D eigenvalue weighted by Crippen LogP contribution is -2.20. The number of fused-ring (bicyclic) bond motifs is 1. The summed E-state index contributed by atoms with van der Waals surface area (Å²) in [5, 5.41) is 4.33. The van der Waals surface area contributed by atoms with Crippen LogP contribution in [0, 0.1) is 6.92 Å². The van der Waals surface area contributed by atoms with Gasteiger partial charge in [-0.25, -0.2) is 0 Å². The molecule has 0 saturated heterocycles. The number of aryl methyl sites for hydroxylation is 1. The minimum Gasteiger partial charge on any atom is -0.469 e. The van der Waals surface area contributed by atoms with Crippen LogP contribution in [-0.2, 0) is 11.3 Å². The second-order valence-corrected chi connectivity index (χ2v) is 6.82. The lowest BCUT2D eigenvalue weighted by atomic mass is 10.0. The molecule has 1 amide bonds. The highest BCUT2D eigenvalue weighted by molar-refractivity contribution is 5.89. The molecule has 0 aliphatic rings. The van der Waals surface area contributed by atoms with Crippen molar-refractivity contribution in [3.8, 4) is 11.1 Å². The van der Waals surface area contributed by atoms with Gasteiger partial charge >= 0.3 is 0 Å². The zero-order chi connectivity index (χ0) is 19.7. The van der Waals surface area contributed by atoms with Gasteiger partial charge < -0.3 is 14.3 Å². The first-order chi connectivity index (χ1) is 13.5. The molecule has 4 rings (SSSR count). The molecule has 0 aliphatic heterocycles. The van der Waals surface area contributed by atoms with Gasteiger partial charge in [-0.15, -0.1) is 0 Å². The normalized spacial score (nSPS) is 10.9. The maximum atomic E-state index is 12.9. The summed E-state index contributed by atoms with van der Waals surface area (Å²) in [4.78, 5) is 24.2. The van der Waals surface area contributed by atoms with Gasteiger partial charge in [0.1, 0.15) is 5.76 Å². The van der Waals surface area contributed by atoms with Gasteiger partial charge in [0.05, 0.1) is 12.8 Å². The molecule has 2 aromatic carbocycles. The lowest BCUT2D eigenvalue weighted by molar-refractivity contribution is -0.114. The smallest absolute Gasteiger partial charge is 0.258 e. The standard InChI is InChI=1S/C23H20N2O3/c1-15-21(9-11-28-15)18-6-7-22-19(13-18)8-10-25(23(22)27)14-17-4-3-5-20(12-17)24-16(2)26/h3-13H,14H2,1-2H3,(H,24,26). The molecule has 4 aromatic rings. The number of nitrogens with one attached hydrogen (secondary N) is 1. The summed E-state index contributed by atoms with van der Waals surface area (Å²) >= 11 is 0. The van der Waals surface area contributed by atoms with Crippen LogP contribution >= 0.6 is 0 Å². The van der Waals surface area contributed by atoms with E-state index in [1.807, 2.05) is 67.7 Å². The first-order valence-corrected chi connectivity index (χ1v) is 9.05. The number of pyridine rings is 1. The lowest BCUT2D eigenvalue weighted by Gasteiger charge is -2.10. The van der Waals surface area contributed by atoms with Gasteiger partial charge in [0.25, 0.3) is 5.56 Å². The summed E-state index contributed by atoms with van der Waals surface area (Å²) in [6.45, 7) is 3.83. The van der Waals surface area contributed by atoms with E-state index in [0.29, 0.717) is 11.9 Å². The molecule has 5 heteroatoms. The molecule has 0 bridgehead atoms. The van der Waals surface area contributed by atoms with Crippen LogP contribution in [0.4, 0.5) is 5.69 Å². The van der Waals surface area contributed by atoms with Crippen LogP contribution in [0.5, 0.6) is 0 Å². The minimum atomic E-state index is -0.122. The predicted octanol–water partition coefficient (Wildman–Crippen LogP) is 4.58. The quantitative estimate of drug-likeness (QED) is 0.570. The van der Waals surface area contributed by atoms with E-state index in [9.17, 15) is 9.59 Å². The van der Waals surface area contributed by atoms with Gasteiger partial charge in [-0.05, 0) is 59.8 Å². The average Bonchev–Trinajstić information content (AvgIpc) is 3.09. The van der Waals surface area contributed by atoms with Crippen molar-refractivity contribution in [3.63, 3.8) is 0 Å².